The van der Waals surface area contributed by atoms with Crippen molar-refractivity contribution < 1.29 is 14.3 Å². The fourth-order valence-electron chi connectivity index (χ4n) is 3.50. The van der Waals surface area contributed by atoms with E-state index in [-0.39, 0.29) is 12.0 Å². The summed E-state index contributed by atoms with van der Waals surface area (Å²) in [6.07, 6.45) is 5.96. The molecule has 0 bridgehead atoms. The molecule has 1 amide bonds. The smallest absolute Gasteiger partial charge is 0.257 e. The SMILES string of the molecule is CCN(C[C@@H]1CCOC1)C(=O)c1ccccc1OC1CCCC1. The molecule has 0 radical (unpaired) electrons. The van der Waals surface area contributed by atoms with E-state index in [1.54, 1.807) is 0 Å². The Morgan fingerprint density at radius 2 is 2.04 bits per heavy atom. The van der Waals surface area contributed by atoms with Crippen molar-refractivity contribution in [1.29, 1.82) is 0 Å². The van der Waals surface area contributed by atoms with Gasteiger partial charge in [0.25, 0.3) is 5.91 Å². The molecule has 23 heavy (non-hydrogen) atoms. The largest absolute Gasteiger partial charge is 0.490 e. The van der Waals surface area contributed by atoms with Gasteiger partial charge in [0.15, 0.2) is 0 Å². The Morgan fingerprint density at radius 1 is 1.26 bits per heavy atom. The molecule has 2 fully saturated rings. The molecule has 4 nitrogen and oxygen atoms in total. The van der Waals surface area contributed by atoms with Crippen molar-refractivity contribution in [2.45, 2.75) is 45.1 Å². The highest BCUT2D eigenvalue weighted by Gasteiger charge is 2.25. The minimum absolute atomic E-state index is 0.0768. The van der Waals surface area contributed by atoms with E-state index in [1.807, 2.05) is 36.1 Å². The summed E-state index contributed by atoms with van der Waals surface area (Å²) < 4.78 is 11.6. The first kappa shape index (κ1) is 16.3. The van der Waals surface area contributed by atoms with Gasteiger partial charge >= 0.3 is 0 Å². The summed E-state index contributed by atoms with van der Waals surface area (Å²) in [5.41, 5.74) is 0.695. The number of rotatable bonds is 6. The van der Waals surface area contributed by atoms with Crippen molar-refractivity contribution in [3.63, 3.8) is 0 Å². The Balaban J connectivity index is 1.71. The molecular formula is C19H27NO3. The van der Waals surface area contributed by atoms with Crippen LogP contribution in [0.2, 0.25) is 0 Å². The molecule has 2 aliphatic rings. The van der Waals surface area contributed by atoms with E-state index >= 15 is 0 Å². The van der Waals surface area contributed by atoms with Crippen LogP contribution >= 0.6 is 0 Å². The predicted octanol–water partition coefficient (Wildman–Crippen LogP) is 3.51. The number of carbonyl (C=O) groups is 1. The van der Waals surface area contributed by atoms with Crippen LogP contribution < -0.4 is 4.74 Å². The molecule has 1 aliphatic heterocycles. The molecule has 0 spiro atoms. The van der Waals surface area contributed by atoms with Crippen LogP contribution in [0.3, 0.4) is 0 Å². The predicted molar refractivity (Wildman–Crippen MR) is 89.8 cm³/mol. The maximum absolute atomic E-state index is 13.0. The quantitative estimate of drug-likeness (QED) is 0.806. The molecular weight excluding hydrogens is 290 g/mol. The van der Waals surface area contributed by atoms with Crippen molar-refractivity contribution in [1.82, 2.24) is 4.90 Å². The van der Waals surface area contributed by atoms with Gasteiger partial charge in [-0.2, -0.15) is 0 Å². The molecule has 4 heteroatoms. The van der Waals surface area contributed by atoms with E-state index in [4.69, 9.17) is 9.47 Å². The van der Waals surface area contributed by atoms with Crippen LogP contribution in [0.1, 0.15) is 49.4 Å². The zero-order valence-corrected chi connectivity index (χ0v) is 14.0. The number of para-hydroxylation sites is 1. The average Bonchev–Trinajstić information content (AvgIpc) is 3.26. The van der Waals surface area contributed by atoms with Crippen LogP contribution in [0.25, 0.3) is 0 Å². The molecule has 1 aromatic rings. The van der Waals surface area contributed by atoms with E-state index < -0.39 is 0 Å². The lowest BCUT2D eigenvalue weighted by Crippen LogP contribution is -2.35. The summed E-state index contributed by atoms with van der Waals surface area (Å²) in [6, 6.07) is 7.68. The van der Waals surface area contributed by atoms with Gasteiger partial charge in [0.05, 0.1) is 18.3 Å². The third kappa shape index (κ3) is 4.05. The van der Waals surface area contributed by atoms with Gasteiger partial charge < -0.3 is 14.4 Å². The summed E-state index contributed by atoms with van der Waals surface area (Å²) in [7, 11) is 0. The lowest BCUT2D eigenvalue weighted by Gasteiger charge is -2.25. The topological polar surface area (TPSA) is 38.8 Å². The van der Waals surface area contributed by atoms with Crippen LogP contribution in [0, 0.1) is 5.92 Å². The van der Waals surface area contributed by atoms with Crippen molar-refractivity contribution in [3.8, 4) is 5.75 Å². The first-order valence-corrected chi connectivity index (χ1v) is 8.90. The van der Waals surface area contributed by atoms with Gasteiger partial charge in [0.2, 0.25) is 0 Å². The number of nitrogens with zero attached hydrogens (tertiary/aromatic N) is 1. The third-order valence-electron chi connectivity index (χ3n) is 4.88. The second kappa shape index (κ2) is 7.82. The standard InChI is InChI=1S/C19H27NO3/c1-2-20(13-15-11-12-22-14-15)19(21)17-9-5-6-10-18(17)23-16-7-3-4-8-16/h5-6,9-10,15-16H,2-4,7-8,11-14H2,1H3/t15-/m0/s1. The van der Waals surface area contributed by atoms with E-state index in [0.29, 0.717) is 18.0 Å². The van der Waals surface area contributed by atoms with Crippen LogP contribution in [0.15, 0.2) is 24.3 Å². The molecule has 3 rings (SSSR count). The van der Waals surface area contributed by atoms with E-state index in [9.17, 15) is 4.79 Å². The van der Waals surface area contributed by atoms with Crippen molar-refractivity contribution >= 4 is 5.91 Å². The highest BCUT2D eigenvalue weighted by atomic mass is 16.5. The molecule has 0 N–H and O–H groups in total. The maximum atomic E-state index is 13.0. The van der Waals surface area contributed by atoms with Crippen molar-refractivity contribution in [2.24, 2.45) is 5.92 Å². The van der Waals surface area contributed by atoms with Gasteiger partial charge in [-0.1, -0.05) is 12.1 Å². The summed E-state index contributed by atoms with van der Waals surface area (Å²) in [4.78, 5) is 14.9. The number of hydrogen-bond acceptors (Lipinski definition) is 3. The molecule has 1 saturated carbocycles. The fourth-order valence-corrected chi connectivity index (χ4v) is 3.50. The normalized spacial score (nSPS) is 21.5. The fraction of sp³-hybridized carbons (Fsp3) is 0.632. The van der Waals surface area contributed by atoms with E-state index in [0.717, 1.165) is 44.8 Å². The van der Waals surface area contributed by atoms with Crippen LogP contribution in [-0.2, 0) is 4.74 Å². The van der Waals surface area contributed by atoms with Gasteiger partial charge in [0, 0.05) is 25.6 Å². The summed E-state index contributed by atoms with van der Waals surface area (Å²) in [5, 5.41) is 0. The first-order chi connectivity index (χ1) is 11.3. The van der Waals surface area contributed by atoms with Gasteiger partial charge in [-0.25, -0.2) is 0 Å². The summed E-state index contributed by atoms with van der Waals surface area (Å²) in [6.45, 7) is 5.11. The Hall–Kier alpha value is -1.55. The number of amides is 1. The molecule has 126 valence electrons. The second-order valence-electron chi connectivity index (χ2n) is 6.59. The van der Waals surface area contributed by atoms with Gasteiger partial charge in [-0.05, 0) is 51.2 Å². The molecule has 1 aliphatic carbocycles. The second-order valence-corrected chi connectivity index (χ2v) is 6.59. The summed E-state index contributed by atoms with van der Waals surface area (Å²) in [5.74, 6) is 1.28. The Labute approximate surface area is 138 Å². The van der Waals surface area contributed by atoms with Gasteiger partial charge in [-0.15, -0.1) is 0 Å². The Kier molecular flexibility index (Phi) is 5.55. The van der Waals surface area contributed by atoms with Gasteiger partial charge in [-0.3, -0.25) is 4.79 Å². The first-order valence-electron chi connectivity index (χ1n) is 8.90. The molecule has 0 aromatic heterocycles. The zero-order chi connectivity index (χ0) is 16.1. The Bertz CT molecular complexity index is 519. The van der Waals surface area contributed by atoms with Gasteiger partial charge in [0.1, 0.15) is 5.75 Å². The molecule has 1 atom stereocenters. The zero-order valence-electron chi connectivity index (χ0n) is 14.0. The monoisotopic (exact) mass is 317 g/mol. The molecule has 1 heterocycles. The number of carbonyl (C=O) groups excluding carboxylic acids is 1. The highest BCUT2D eigenvalue weighted by molar-refractivity contribution is 5.97. The Morgan fingerprint density at radius 3 is 2.74 bits per heavy atom. The summed E-state index contributed by atoms with van der Waals surface area (Å²) >= 11 is 0. The highest BCUT2D eigenvalue weighted by Crippen LogP contribution is 2.27. The molecule has 1 aromatic carbocycles. The molecule has 0 unspecified atom stereocenters. The number of hydrogen-bond donors (Lipinski definition) is 0. The third-order valence-corrected chi connectivity index (χ3v) is 4.88. The number of ether oxygens (including phenoxy) is 2. The number of benzene rings is 1. The van der Waals surface area contributed by atoms with Crippen LogP contribution in [0.5, 0.6) is 5.75 Å². The minimum Gasteiger partial charge on any atom is -0.490 e. The van der Waals surface area contributed by atoms with Crippen molar-refractivity contribution in [3.05, 3.63) is 29.8 Å². The average molecular weight is 317 g/mol. The van der Waals surface area contributed by atoms with E-state index in [1.165, 1.54) is 12.8 Å². The molecule has 1 saturated heterocycles. The minimum atomic E-state index is 0.0768. The van der Waals surface area contributed by atoms with Crippen LogP contribution in [0.4, 0.5) is 0 Å². The lowest BCUT2D eigenvalue weighted by atomic mass is 10.1. The van der Waals surface area contributed by atoms with Crippen LogP contribution in [-0.4, -0.2) is 43.2 Å². The van der Waals surface area contributed by atoms with E-state index in [2.05, 4.69) is 0 Å². The lowest BCUT2D eigenvalue weighted by molar-refractivity contribution is 0.0723. The van der Waals surface area contributed by atoms with Crippen molar-refractivity contribution in [2.75, 3.05) is 26.3 Å². The maximum Gasteiger partial charge on any atom is 0.257 e.